The number of benzene rings is 1. The van der Waals surface area contributed by atoms with Crippen LogP contribution in [0.3, 0.4) is 0 Å². The van der Waals surface area contributed by atoms with Crippen molar-refractivity contribution in [2.75, 3.05) is 18.0 Å². The van der Waals surface area contributed by atoms with E-state index in [4.69, 9.17) is 21.3 Å². The van der Waals surface area contributed by atoms with Gasteiger partial charge in [-0.3, -0.25) is 14.3 Å². The Labute approximate surface area is 213 Å². The summed E-state index contributed by atoms with van der Waals surface area (Å²) in [5.41, 5.74) is 2.09. The lowest BCUT2D eigenvalue weighted by Gasteiger charge is -2.43. The minimum Gasteiger partial charge on any atom is -0.364 e. The molecular formula is C27H27ClFN5O2. The van der Waals surface area contributed by atoms with Gasteiger partial charge in [0.25, 0.3) is 5.56 Å². The Bertz CT molecular complexity index is 1550. The van der Waals surface area contributed by atoms with Crippen LogP contribution in [0.1, 0.15) is 37.0 Å². The van der Waals surface area contributed by atoms with Crippen molar-refractivity contribution in [3.63, 3.8) is 0 Å². The summed E-state index contributed by atoms with van der Waals surface area (Å²) in [6, 6.07) is 10.1. The fraction of sp³-hybridized carbons (Fsp3) is 0.333. The highest BCUT2D eigenvalue weighted by atomic mass is 35.5. The number of aromatic nitrogens is 4. The molecule has 1 saturated heterocycles. The van der Waals surface area contributed by atoms with Crippen LogP contribution < -0.4 is 10.5 Å². The van der Waals surface area contributed by atoms with Gasteiger partial charge in [-0.15, -0.1) is 0 Å². The molecule has 4 aromatic rings. The number of halogens is 2. The van der Waals surface area contributed by atoms with Crippen LogP contribution in [-0.4, -0.2) is 38.2 Å². The summed E-state index contributed by atoms with van der Waals surface area (Å²) in [5, 5.41) is 0.653. The molecule has 1 aliphatic rings. The third kappa shape index (κ3) is 4.47. The molecule has 1 aliphatic heterocycles. The lowest BCUT2D eigenvalue weighted by molar-refractivity contribution is -0.0857. The number of anilines is 1. The van der Waals surface area contributed by atoms with Gasteiger partial charge < -0.3 is 9.64 Å². The van der Waals surface area contributed by atoms with Gasteiger partial charge in [0.2, 0.25) is 0 Å². The second kappa shape index (κ2) is 8.94. The zero-order valence-electron chi connectivity index (χ0n) is 20.8. The molecular weight excluding hydrogens is 481 g/mol. The maximum atomic E-state index is 15.1. The number of fused-ring (bicyclic) bond motifs is 1. The third-order valence-electron chi connectivity index (χ3n) is 6.50. The predicted molar refractivity (Wildman–Crippen MR) is 139 cm³/mol. The van der Waals surface area contributed by atoms with Gasteiger partial charge in [-0.25, -0.2) is 14.4 Å². The summed E-state index contributed by atoms with van der Waals surface area (Å²) in [4.78, 5) is 29.2. The van der Waals surface area contributed by atoms with Crippen molar-refractivity contribution in [1.29, 1.82) is 0 Å². The lowest BCUT2D eigenvalue weighted by Crippen LogP contribution is -2.50. The van der Waals surface area contributed by atoms with Gasteiger partial charge in [0.15, 0.2) is 0 Å². The Morgan fingerprint density at radius 3 is 2.64 bits per heavy atom. The topological polar surface area (TPSA) is 73.1 Å². The van der Waals surface area contributed by atoms with E-state index in [9.17, 15) is 4.79 Å². The van der Waals surface area contributed by atoms with Crippen molar-refractivity contribution in [3.05, 3.63) is 80.9 Å². The molecule has 186 valence electrons. The van der Waals surface area contributed by atoms with Crippen LogP contribution in [0.5, 0.6) is 0 Å². The van der Waals surface area contributed by atoms with Gasteiger partial charge in [-0.2, -0.15) is 0 Å². The monoisotopic (exact) mass is 507 g/mol. The normalized spacial score (nSPS) is 17.5. The second-order valence-corrected chi connectivity index (χ2v) is 10.3. The summed E-state index contributed by atoms with van der Waals surface area (Å²) in [5.74, 6) is 0.543. The summed E-state index contributed by atoms with van der Waals surface area (Å²) >= 11 is 6.01. The number of ether oxygens (including phenoxy) is 1. The van der Waals surface area contributed by atoms with Gasteiger partial charge in [-0.05, 0) is 69.7 Å². The molecule has 0 bridgehead atoms. The van der Waals surface area contributed by atoms with Crippen molar-refractivity contribution in [2.45, 2.75) is 39.4 Å². The van der Waals surface area contributed by atoms with E-state index in [0.717, 1.165) is 11.3 Å². The standard InChI is InChI=1S/C27H27ClFN5O2/c1-15-10-17(8-9-30-15)22-13-34(14-27(3,4)36-22)23-12-20-25(31-16(2)33(5)26(20)35)24(32-23)19-7-6-18(28)11-21(19)29/h6-12,22H,13-14H2,1-5H3/t22-/m0/s1. The quantitative estimate of drug-likeness (QED) is 0.381. The van der Waals surface area contributed by atoms with Crippen molar-refractivity contribution < 1.29 is 9.13 Å². The molecule has 5 rings (SSSR count). The fourth-order valence-corrected chi connectivity index (χ4v) is 4.86. The van der Waals surface area contributed by atoms with Crippen LogP contribution >= 0.6 is 11.6 Å². The molecule has 0 saturated carbocycles. The molecule has 7 nitrogen and oxygen atoms in total. The maximum absolute atomic E-state index is 15.1. The Kier molecular flexibility index (Phi) is 6.04. The Morgan fingerprint density at radius 1 is 1.14 bits per heavy atom. The number of pyridine rings is 2. The molecule has 4 heterocycles. The van der Waals surface area contributed by atoms with Crippen molar-refractivity contribution in [1.82, 2.24) is 19.5 Å². The van der Waals surface area contributed by atoms with Gasteiger partial charge in [0.05, 0.1) is 11.0 Å². The van der Waals surface area contributed by atoms with E-state index in [0.29, 0.717) is 41.3 Å². The number of morpholine rings is 1. The number of nitrogens with zero attached hydrogens (tertiary/aromatic N) is 5. The van der Waals surface area contributed by atoms with E-state index in [1.54, 1.807) is 38.4 Å². The first kappa shape index (κ1) is 24.3. The number of aryl methyl sites for hydroxylation is 2. The molecule has 1 aromatic carbocycles. The van der Waals surface area contributed by atoms with Crippen LogP contribution in [0.25, 0.3) is 22.2 Å². The molecule has 9 heteroatoms. The molecule has 0 amide bonds. The fourth-order valence-electron chi connectivity index (χ4n) is 4.70. The lowest BCUT2D eigenvalue weighted by atomic mass is 10.0. The Hall–Kier alpha value is -3.36. The van der Waals surface area contributed by atoms with Crippen molar-refractivity contribution in [2.24, 2.45) is 7.05 Å². The highest BCUT2D eigenvalue weighted by Gasteiger charge is 2.35. The third-order valence-corrected chi connectivity index (χ3v) is 6.73. The molecule has 1 fully saturated rings. The first-order valence-electron chi connectivity index (χ1n) is 11.7. The van der Waals surface area contributed by atoms with E-state index >= 15 is 4.39 Å². The average molecular weight is 508 g/mol. The highest BCUT2D eigenvalue weighted by Crippen LogP contribution is 2.36. The van der Waals surface area contributed by atoms with Crippen molar-refractivity contribution in [3.8, 4) is 11.3 Å². The van der Waals surface area contributed by atoms with Crippen LogP contribution in [0.4, 0.5) is 10.2 Å². The summed E-state index contributed by atoms with van der Waals surface area (Å²) < 4.78 is 23.0. The molecule has 0 radical (unpaired) electrons. The molecule has 0 N–H and O–H groups in total. The SMILES string of the molecule is Cc1cc([C@@H]2CN(c3cc4c(=O)n(C)c(C)nc4c(-c4ccc(Cl)cc4F)n3)CC(C)(C)O2)ccn1. The Balaban J connectivity index is 1.70. The predicted octanol–water partition coefficient (Wildman–Crippen LogP) is 5.16. The second-order valence-electron chi connectivity index (χ2n) is 9.85. The zero-order valence-corrected chi connectivity index (χ0v) is 21.6. The van der Waals surface area contributed by atoms with Gasteiger partial charge in [0, 0.05) is 42.6 Å². The minimum atomic E-state index is -0.527. The molecule has 3 aromatic heterocycles. The van der Waals surface area contributed by atoms with Crippen molar-refractivity contribution >= 4 is 28.3 Å². The summed E-state index contributed by atoms with van der Waals surface area (Å²) in [6.07, 6.45) is 1.54. The van der Waals surface area contributed by atoms with Crippen LogP contribution in [-0.2, 0) is 11.8 Å². The highest BCUT2D eigenvalue weighted by molar-refractivity contribution is 6.30. The summed E-state index contributed by atoms with van der Waals surface area (Å²) in [6.45, 7) is 8.76. The van der Waals surface area contributed by atoms with Gasteiger partial charge in [0.1, 0.15) is 34.8 Å². The largest absolute Gasteiger partial charge is 0.364 e. The average Bonchev–Trinajstić information content (AvgIpc) is 2.81. The molecule has 1 atom stereocenters. The van der Waals surface area contributed by atoms with Crippen LogP contribution in [0, 0.1) is 19.7 Å². The smallest absolute Gasteiger partial charge is 0.261 e. The number of hydrogen-bond acceptors (Lipinski definition) is 6. The molecule has 36 heavy (non-hydrogen) atoms. The van der Waals surface area contributed by atoms with E-state index in [-0.39, 0.29) is 22.2 Å². The van der Waals surface area contributed by atoms with Crippen LogP contribution in [0.15, 0.2) is 47.4 Å². The first-order chi connectivity index (χ1) is 17.0. The zero-order chi connectivity index (χ0) is 25.8. The molecule has 0 aliphatic carbocycles. The van der Waals surface area contributed by atoms with Crippen LogP contribution in [0.2, 0.25) is 5.02 Å². The molecule has 0 spiro atoms. The minimum absolute atomic E-state index is 0.217. The summed E-state index contributed by atoms with van der Waals surface area (Å²) in [7, 11) is 1.67. The van der Waals surface area contributed by atoms with E-state index in [2.05, 4.69) is 14.9 Å². The molecule has 0 unspecified atom stereocenters. The number of rotatable bonds is 3. The Morgan fingerprint density at radius 2 is 1.92 bits per heavy atom. The van der Waals surface area contributed by atoms with E-state index in [1.807, 2.05) is 32.9 Å². The number of hydrogen-bond donors (Lipinski definition) is 0. The van der Waals surface area contributed by atoms with E-state index < -0.39 is 11.4 Å². The van der Waals surface area contributed by atoms with E-state index in [1.165, 1.54) is 10.6 Å². The first-order valence-corrected chi connectivity index (χ1v) is 12.1. The van der Waals surface area contributed by atoms with Gasteiger partial charge >= 0.3 is 0 Å². The van der Waals surface area contributed by atoms with Gasteiger partial charge in [-0.1, -0.05) is 11.6 Å². The maximum Gasteiger partial charge on any atom is 0.261 e.